The van der Waals surface area contributed by atoms with Crippen LogP contribution in [-0.2, 0) is 11.2 Å². The fourth-order valence-corrected chi connectivity index (χ4v) is 3.64. The first kappa shape index (κ1) is 21.8. The number of aliphatic imine (C=N–C) groups is 1. The van der Waals surface area contributed by atoms with Gasteiger partial charge in [-0.3, -0.25) is 14.7 Å². The molecule has 3 rings (SSSR count). The van der Waals surface area contributed by atoms with Crippen LogP contribution in [0.3, 0.4) is 0 Å². The van der Waals surface area contributed by atoms with Gasteiger partial charge in [-0.05, 0) is 55.8 Å². The zero-order valence-electron chi connectivity index (χ0n) is 17.4. The van der Waals surface area contributed by atoms with Crippen molar-refractivity contribution in [3.8, 4) is 0 Å². The maximum Gasteiger partial charge on any atom is 0.224 e. The van der Waals surface area contributed by atoms with Gasteiger partial charge in [0.1, 0.15) is 11.6 Å². The Morgan fingerprint density at radius 2 is 1.97 bits per heavy atom. The van der Waals surface area contributed by atoms with E-state index in [0.29, 0.717) is 31.2 Å². The van der Waals surface area contributed by atoms with Crippen LogP contribution in [-0.4, -0.2) is 56.5 Å². The quantitative estimate of drug-likeness (QED) is 0.332. The highest BCUT2D eigenvalue weighted by molar-refractivity contribution is 5.80. The Morgan fingerprint density at radius 1 is 1.17 bits per heavy atom. The first-order valence-electron chi connectivity index (χ1n) is 10.4. The molecule has 8 heteroatoms. The predicted molar refractivity (Wildman–Crippen MR) is 115 cm³/mol. The second kappa shape index (κ2) is 11.3. The lowest BCUT2D eigenvalue weighted by molar-refractivity contribution is -0.120. The van der Waals surface area contributed by atoms with Crippen LogP contribution in [0, 0.1) is 5.82 Å². The van der Waals surface area contributed by atoms with Crippen LogP contribution < -0.4 is 16.0 Å². The molecule has 1 aliphatic rings. The maximum atomic E-state index is 13.2. The number of benzene rings is 1. The van der Waals surface area contributed by atoms with Gasteiger partial charge in [0.25, 0.3) is 0 Å². The van der Waals surface area contributed by atoms with E-state index in [9.17, 15) is 9.18 Å². The zero-order chi connectivity index (χ0) is 21.2. The van der Waals surface area contributed by atoms with Crippen LogP contribution in [0.4, 0.5) is 4.39 Å². The molecule has 1 atom stereocenters. The normalized spacial score (nSPS) is 15.7. The monoisotopic (exact) mass is 415 g/mol. The number of furan rings is 1. The highest BCUT2D eigenvalue weighted by Gasteiger charge is 2.25. The van der Waals surface area contributed by atoms with Crippen molar-refractivity contribution in [3.63, 3.8) is 0 Å². The molecule has 30 heavy (non-hydrogen) atoms. The number of carbonyl (C=O) groups excluding carboxylic acids is 1. The molecule has 1 aromatic carbocycles. The Morgan fingerprint density at radius 3 is 2.67 bits per heavy atom. The summed E-state index contributed by atoms with van der Waals surface area (Å²) in [6.45, 7) is 3.79. The molecule has 1 aliphatic heterocycles. The summed E-state index contributed by atoms with van der Waals surface area (Å²) in [6.07, 6.45) is 4.28. The van der Waals surface area contributed by atoms with E-state index >= 15 is 0 Å². The third-order valence-corrected chi connectivity index (χ3v) is 5.13. The fourth-order valence-electron chi connectivity index (χ4n) is 3.64. The molecule has 7 nitrogen and oxygen atoms in total. The molecule has 1 aromatic heterocycles. The van der Waals surface area contributed by atoms with Gasteiger partial charge in [-0.2, -0.15) is 0 Å². The second-order valence-corrected chi connectivity index (χ2v) is 7.31. The summed E-state index contributed by atoms with van der Waals surface area (Å²) < 4.78 is 18.8. The van der Waals surface area contributed by atoms with Crippen LogP contribution in [0.5, 0.6) is 0 Å². The van der Waals surface area contributed by atoms with E-state index in [2.05, 4.69) is 25.8 Å². The minimum atomic E-state index is -0.335. The van der Waals surface area contributed by atoms with Crippen LogP contribution >= 0.6 is 0 Å². The molecule has 0 saturated carbocycles. The molecule has 1 amide bonds. The number of likely N-dealkylation sites (tertiary alicyclic amines) is 1. The average Bonchev–Trinajstić information content (AvgIpc) is 3.44. The molecular weight excluding hydrogens is 385 g/mol. The van der Waals surface area contributed by atoms with Crippen molar-refractivity contribution in [2.75, 3.05) is 39.8 Å². The third-order valence-electron chi connectivity index (χ3n) is 5.13. The summed E-state index contributed by atoms with van der Waals surface area (Å²) in [6, 6.07) is 10.2. The van der Waals surface area contributed by atoms with E-state index in [1.807, 2.05) is 12.1 Å². The molecule has 1 fully saturated rings. The van der Waals surface area contributed by atoms with E-state index in [4.69, 9.17) is 4.42 Å². The Balaban J connectivity index is 1.39. The van der Waals surface area contributed by atoms with Gasteiger partial charge < -0.3 is 20.4 Å². The number of guanidine groups is 1. The summed E-state index contributed by atoms with van der Waals surface area (Å²) in [5, 5.41) is 9.39. The van der Waals surface area contributed by atoms with E-state index in [1.165, 1.54) is 25.0 Å². The Kier molecular flexibility index (Phi) is 8.26. The molecule has 0 aliphatic carbocycles. The van der Waals surface area contributed by atoms with E-state index in [1.54, 1.807) is 25.4 Å². The summed E-state index contributed by atoms with van der Waals surface area (Å²) in [4.78, 5) is 18.7. The Hall–Kier alpha value is -2.87. The number of hydrogen-bond acceptors (Lipinski definition) is 4. The number of hydrogen-bond donors (Lipinski definition) is 3. The summed E-state index contributed by atoms with van der Waals surface area (Å²) in [5.74, 6) is 1.14. The van der Waals surface area contributed by atoms with Crippen LogP contribution in [0.1, 0.15) is 30.2 Å². The van der Waals surface area contributed by atoms with Crippen molar-refractivity contribution >= 4 is 11.9 Å². The molecule has 1 unspecified atom stereocenters. The van der Waals surface area contributed by atoms with Crippen LogP contribution in [0.15, 0.2) is 52.1 Å². The van der Waals surface area contributed by atoms with Gasteiger partial charge in [0.2, 0.25) is 5.91 Å². The Labute approximate surface area is 176 Å². The molecule has 162 valence electrons. The molecule has 0 bridgehead atoms. The molecule has 0 radical (unpaired) electrons. The van der Waals surface area contributed by atoms with E-state index in [0.717, 1.165) is 18.8 Å². The number of carbonyl (C=O) groups is 1. The van der Waals surface area contributed by atoms with Gasteiger partial charge in [0.15, 0.2) is 5.96 Å². The van der Waals surface area contributed by atoms with Crippen molar-refractivity contribution in [2.45, 2.75) is 25.3 Å². The van der Waals surface area contributed by atoms with Gasteiger partial charge in [0.05, 0.1) is 18.7 Å². The van der Waals surface area contributed by atoms with E-state index < -0.39 is 0 Å². The maximum absolute atomic E-state index is 13.2. The van der Waals surface area contributed by atoms with Gasteiger partial charge in [0, 0.05) is 26.7 Å². The number of rotatable bonds is 9. The Bertz CT molecular complexity index is 819. The number of amides is 1. The number of nitrogens with zero attached hydrogens (tertiary/aromatic N) is 2. The highest BCUT2D eigenvalue weighted by Crippen LogP contribution is 2.24. The molecule has 2 heterocycles. The first-order valence-corrected chi connectivity index (χ1v) is 10.4. The van der Waals surface area contributed by atoms with Gasteiger partial charge >= 0.3 is 0 Å². The molecule has 1 saturated heterocycles. The van der Waals surface area contributed by atoms with Crippen molar-refractivity contribution in [1.29, 1.82) is 0 Å². The first-order chi connectivity index (χ1) is 14.7. The predicted octanol–water partition coefficient (Wildman–Crippen LogP) is 2.08. The van der Waals surface area contributed by atoms with Crippen molar-refractivity contribution in [1.82, 2.24) is 20.9 Å². The lowest BCUT2D eigenvalue weighted by Gasteiger charge is -2.26. The molecular formula is C22H30FN5O2. The van der Waals surface area contributed by atoms with Gasteiger partial charge in [-0.25, -0.2) is 4.39 Å². The van der Waals surface area contributed by atoms with Crippen molar-refractivity contribution in [3.05, 3.63) is 59.8 Å². The third kappa shape index (κ3) is 6.59. The summed E-state index contributed by atoms with van der Waals surface area (Å²) in [5.41, 5.74) is 0.656. The minimum Gasteiger partial charge on any atom is -0.468 e. The number of nitrogens with one attached hydrogen (secondary N) is 3. The topological polar surface area (TPSA) is 81.9 Å². The second-order valence-electron chi connectivity index (χ2n) is 7.31. The lowest BCUT2D eigenvalue weighted by atomic mass is 10.1. The van der Waals surface area contributed by atoms with E-state index in [-0.39, 0.29) is 24.2 Å². The van der Waals surface area contributed by atoms with Crippen LogP contribution in [0.2, 0.25) is 0 Å². The minimum absolute atomic E-state index is 0.141. The van der Waals surface area contributed by atoms with Crippen LogP contribution in [0.25, 0.3) is 0 Å². The van der Waals surface area contributed by atoms with Crippen molar-refractivity contribution < 1.29 is 13.6 Å². The zero-order valence-corrected chi connectivity index (χ0v) is 17.4. The van der Waals surface area contributed by atoms with Gasteiger partial charge in [-0.1, -0.05) is 12.1 Å². The number of halogens is 1. The average molecular weight is 416 g/mol. The van der Waals surface area contributed by atoms with Crippen molar-refractivity contribution in [2.24, 2.45) is 4.99 Å². The molecule has 2 aromatic rings. The smallest absolute Gasteiger partial charge is 0.224 e. The fraction of sp³-hybridized carbons (Fsp3) is 0.455. The highest BCUT2D eigenvalue weighted by atomic mass is 19.1. The lowest BCUT2D eigenvalue weighted by Crippen LogP contribution is -2.44. The summed E-state index contributed by atoms with van der Waals surface area (Å²) in [7, 11) is 1.72. The standard InChI is InChI=1S/C22H30FN5O2/c1-24-22(26-10-9-25-21(29)15-17-6-4-7-18(23)14-17)27-16-19(20-8-5-13-30-20)28-11-2-3-12-28/h4-8,13-14,19H,2-3,9-12,15-16H2,1H3,(H,25,29)(H2,24,26,27). The molecule has 3 N–H and O–H groups in total. The van der Waals surface area contributed by atoms with Gasteiger partial charge in [-0.15, -0.1) is 0 Å². The molecule has 0 spiro atoms. The summed E-state index contributed by atoms with van der Waals surface area (Å²) >= 11 is 0. The SMILES string of the molecule is CN=C(NCCNC(=O)Cc1cccc(F)c1)NCC(c1ccco1)N1CCCC1. The largest absolute Gasteiger partial charge is 0.468 e.